The normalized spacial score (nSPS) is 18.2. The Labute approximate surface area is 186 Å². The summed E-state index contributed by atoms with van der Waals surface area (Å²) in [5.41, 5.74) is -0.490. The molecule has 0 unspecified atom stereocenters. The molecule has 0 saturated heterocycles. The summed E-state index contributed by atoms with van der Waals surface area (Å²) in [5, 5.41) is 12.2. The van der Waals surface area contributed by atoms with E-state index in [4.69, 9.17) is 34.8 Å². The fourth-order valence-corrected chi connectivity index (χ4v) is 4.78. The second kappa shape index (κ2) is 7.74. The molecule has 1 amide bonds. The lowest BCUT2D eigenvalue weighted by molar-refractivity contribution is -0.136. The molecule has 1 aliphatic heterocycles. The fraction of sp³-hybridized carbons (Fsp3) is 0.143. The van der Waals surface area contributed by atoms with Crippen LogP contribution in [0.4, 0.5) is 5.69 Å². The van der Waals surface area contributed by atoms with Crippen molar-refractivity contribution in [3.8, 4) is 0 Å². The minimum Gasteiger partial charge on any atom is -0.375 e. The molecule has 0 spiro atoms. The van der Waals surface area contributed by atoms with E-state index < -0.39 is 17.9 Å². The first-order chi connectivity index (χ1) is 13.8. The van der Waals surface area contributed by atoms with Gasteiger partial charge in [0.05, 0.1) is 27.9 Å². The molecule has 1 aliphatic rings. The van der Waals surface area contributed by atoms with Crippen molar-refractivity contribution in [1.82, 2.24) is 0 Å². The molecule has 1 N–H and O–H groups in total. The molecule has 0 radical (unpaired) electrons. The van der Waals surface area contributed by atoms with Gasteiger partial charge < -0.3 is 10.0 Å². The Balaban J connectivity index is 1.73. The van der Waals surface area contributed by atoms with Crippen LogP contribution < -0.4 is 4.90 Å². The van der Waals surface area contributed by atoms with Crippen LogP contribution >= 0.6 is 46.1 Å². The van der Waals surface area contributed by atoms with Gasteiger partial charge in [-0.25, -0.2) is 0 Å². The third-order valence-corrected chi connectivity index (χ3v) is 6.72. The standard InChI is InChI=1S/C21H14Cl3NO3S/c22-13-5-6-16-14(9-13)21(28,10-17(26)18-7-8-19(24)29-18)20(27)25(16)11-12-3-1-2-4-15(12)23/h1-9,28H,10-11H2/t21-/m1/s1. The number of hydrogen-bond donors (Lipinski definition) is 1. The zero-order valence-corrected chi connectivity index (χ0v) is 17.9. The number of rotatable bonds is 5. The number of anilines is 1. The SMILES string of the molecule is O=C(C[C@]1(O)C(=O)N(Cc2ccccc2Cl)c2ccc(Cl)cc21)c1ccc(Cl)s1. The van der Waals surface area contributed by atoms with Crippen molar-refractivity contribution < 1.29 is 14.7 Å². The van der Waals surface area contributed by atoms with Crippen molar-refractivity contribution in [2.75, 3.05) is 4.90 Å². The van der Waals surface area contributed by atoms with E-state index in [-0.39, 0.29) is 12.3 Å². The molecule has 1 aromatic heterocycles. The Bertz CT molecular complexity index is 1130. The van der Waals surface area contributed by atoms with E-state index in [1.807, 2.05) is 6.07 Å². The molecule has 0 fully saturated rings. The molecule has 4 nitrogen and oxygen atoms in total. The summed E-state index contributed by atoms with van der Waals surface area (Å²) < 4.78 is 0.460. The van der Waals surface area contributed by atoms with Gasteiger partial charge in [-0.2, -0.15) is 0 Å². The smallest absolute Gasteiger partial charge is 0.264 e. The Kier molecular flexibility index (Phi) is 5.44. The predicted octanol–water partition coefficient (Wildman–Crippen LogP) is 5.72. The fourth-order valence-electron chi connectivity index (χ4n) is 3.43. The molecule has 2 aromatic carbocycles. The van der Waals surface area contributed by atoms with Crippen LogP contribution in [-0.4, -0.2) is 16.8 Å². The Morgan fingerprint density at radius 2 is 1.83 bits per heavy atom. The summed E-state index contributed by atoms with van der Waals surface area (Å²) in [7, 11) is 0. The van der Waals surface area contributed by atoms with E-state index in [2.05, 4.69) is 0 Å². The highest BCUT2D eigenvalue weighted by Gasteiger charge is 2.51. The van der Waals surface area contributed by atoms with Crippen LogP contribution in [0.15, 0.2) is 54.6 Å². The van der Waals surface area contributed by atoms with Crippen molar-refractivity contribution in [2.45, 2.75) is 18.6 Å². The van der Waals surface area contributed by atoms with Crippen molar-refractivity contribution in [3.05, 3.63) is 85.0 Å². The van der Waals surface area contributed by atoms with Gasteiger partial charge in [0.1, 0.15) is 0 Å². The number of benzene rings is 2. The van der Waals surface area contributed by atoms with E-state index in [0.29, 0.717) is 30.5 Å². The summed E-state index contributed by atoms with van der Waals surface area (Å²) in [6.07, 6.45) is -0.408. The van der Waals surface area contributed by atoms with Gasteiger partial charge in [0.2, 0.25) is 0 Å². The maximum Gasteiger partial charge on any atom is 0.264 e. The molecule has 3 aromatic rings. The largest absolute Gasteiger partial charge is 0.375 e. The summed E-state index contributed by atoms with van der Waals surface area (Å²) in [6, 6.07) is 15.2. The van der Waals surface area contributed by atoms with Crippen molar-refractivity contribution >= 4 is 63.5 Å². The van der Waals surface area contributed by atoms with Gasteiger partial charge in [0.15, 0.2) is 11.4 Å². The lowest BCUT2D eigenvalue weighted by Crippen LogP contribution is -2.41. The second-order valence-corrected chi connectivity index (χ2v) is 9.27. The lowest BCUT2D eigenvalue weighted by Gasteiger charge is -2.23. The van der Waals surface area contributed by atoms with Crippen LogP contribution in [0, 0.1) is 0 Å². The van der Waals surface area contributed by atoms with Crippen LogP contribution in [0.2, 0.25) is 14.4 Å². The number of ketones is 1. The zero-order chi connectivity index (χ0) is 20.8. The van der Waals surface area contributed by atoms with Crippen molar-refractivity contribution in [2.24, 2.45) is 0 Å². The van der Waals surface area contributed by atoms with E-state index in [9.17, 15) is 14.7 Å². The molecular formula is C21H14Cl3NO3S. The number of fused-ring (bicyclic) bond motifs is 1. The number of halogens is 3. The predicted molar refractivity (Wildman–Crippen MR) is 116 cm³/mol. The maximum atomic E-state index is 13.3. The van der Waals surface area contributed by atoms with E-state index >= 15 is 0 Å². The Morgan fingerprint density at radius 1 is 1.07 bits per heavy atom. The number of carbonyl (C=O) groups excluding carboxylic acids is 2. The molecule has 1 atom stereocenters. The number of carbonyl (C=O) groups is 2. The quantitative estimate of drug-likeness (QED) is 0.490. The number of aliphatic hydroxyl groups is 1. The van der Waals surface area contributed by atoms with Crippen molar-refractivity contribution in [3.63, 3.8) is 0 Å². The van der Waals surface area contributed by atoms with Crippen LogP contribution in [0.1, 0.15) is 27.2 Å². The van der Waals surface area contributed by atoms with Crippen LogP contribution in [0.3, 0.4) is 0 Å². The molecule has 8 heteroatoms. The molecule has 0 aliphatic carbocycles. The first-order valence-corrected chi connectivity index (χ1v) is 10.6. The van der Waals surface area contributed by atoms with Crippen molar-refractivity contribution in [1.29, 1.82) is 0 Å². The molecule has 148 valence electrons. The highest BCUT2D eigenvalue weighted by Crippen LogP contribution is 2.45. The average Bonchev–Trinajstić information content (AvgIpc) is 3.20. The third kappa shape index (κ3) is 3.69. The highest BCUT2D eigenvalue weighted by atomic mass is 35.5. The van der Waals surface area contributed by atoms with Crippen LogP contribution in [0.5, 0.6) is 0 Å². The number of nitrogens with zero attached hydrogens (tertiary/aromatic N) is 1. The highest BCUT2D eigenvalue weighted by molar-refractivity contribution is 7.18. The molecule has 0 saturated carbocycles. The summed E-state index contributed by atoms with van der Waals surface area (Å²) >= 11 is 19.4. The third-order valence-electron chi connectivity index (χ3n) is 4.84. The molecule has 29 heavy (non-hydrogen) atoms. The van der Waals surface area contributed by atoms with Gasteiger partial charge in [-0.05, 0) is 42.0 Å². The topological polar surface area (TPSA) is 57.6 Å². The lowest BCUT2D eigenvalue weighted by atomic mass is 9.89. The molecule has 0 bridgehead atoms. The number of thiophene rings is 1. The van der Waals surface area contributed by atoms with E-state index in [0.717, 1.165) is 16.9 Å². The van der Waals surface area contributed by atoms with Gasteiger partial charge in [0, 0.05) is 15.6 Å². The van der Waals surface area contributed by atoms with Crippen LogP contribution in [-0.2, 0) is 16.9 Å². The van der Waals surface area contributed by atoms with Gasteiger partial charge >= 0.3 is 0 Å². The minimum atomic E-state index is -2.02. The minimum absolute atomic E-state index is 0.161. The van der Waals surface area contributed by atoms with Gasteiger partial charge in [-0.1, -0.05) is 53.0 Å². The van der Waals surface area contributed by atoms with Crippen LogP contribution in [0.25, 0.3) is 0 Å². The monoisotopic (exact) mass is 465 g/mol. The first kappa shape index (κ1) is 20.4. The summed E-state index contributed by atoms with van der Waals surface area (Å²) in [5.74, 6) is -0.964. The number of amides is 1. The molecule has 2 heterocycles. The average molecular weight is 467 g/mol. The Morgan fingerprint density at radius 3 is 2.52 bits per heavy atom. The summed E-state index contributed by atoms with van der Waals surface area (Å²) in [4.78, 5) is 27.9. The molecular weight excluding hydrogens is 453 g/mol. The van der Waals surface area contributed by atoms with E-state index in [1.165, 1.54) is 11.0 Å². The summed E-state index contributed by atoms with van der Waals surface area (Å²) in [6.45, 7) is 0.161. The van der Waals surface area contributed by atoms with E-state index in [1.54, 1.807) is 42.5 Å². The molecule has 4 rings (SSSR count). The van der Waals surface area contributed by atoms with Gasteiger partial charge in [-0.3, -0.25) is 9.59 Å². The second-order valence-electron chi connectivity index (χ2n) is 6.71. The van der Waals surface area contributed by atoms with Gasteiger partial charge in [0.25, 0.3) is 5.91 Å². The zero-order valence-electron chi connectivity index (χ0n) is 14.9. The first-order valence-electron chi connectivity index (χ1n) is 8.66. The number of hydrogen-bond acceptors (Lipinski definition) is 4. The number of Topliss-reactive ketones (excluding diaryl/α,β-unsaturated/α-hetero) is 1. The maximum absolute atomic E-state index is 13.3. The Hall–Kier alpha value is -1.89. The van der Waals surface area contributed by atoms with Gasteiger partial charge in [-0.15, -0.1) is 11.3 Å².